The SMILES string of the molecule is COc1ccc(S(=O)(=O)N(CC(=O)N[C@H]2C[C@@H]3CC[C@@H]2C3)c2ccc(C)cc2)cc1. The molecule has 0 saturated heterocycles. The Morgan fingerprint density at radius 2 is 1.77 bits per heavy atom. The number of anilines is 1. The average molecular weight is 429 g/mol. The molecule has 4 rings (SSSR count). The molecule has 3 atom stereocenters. The van der Waals surface area contributed by atoms with Crippen molar-refractivity contribution in [3.63, 3.8) is 0 Å². The molecule has 0 aromatic heterocycles. The largest absolute Gasteiger partial charge is 0.497 e. The summed E-state index contributed by atoms with van der Waals surface area (Å²) >= 11 is 0. The second kappa shape index (κ2) is 8.30. The van der Waals surface area contributed by atoms with Gasteiger partial charge in [-0.15, -0.1) is 0 Å². The van der Waals surface area contributed by atoms with Gasteiger partial charge in [0.05, 0.1) is 17.7 Å². The lowest BCUT2D eigenvalue weighted by Crippen LogP contribution is -2.46. The third-order valence-electron chi connectivity index (χ3n) is 6.34. The Bertz CT molecular complexity index is 1000. The molecule has 30 heavy (non-hydrogen) atoms. The highest BCUT2D eigenvalue weighted by atomic mass is 32.2. The number of carbonyl (C=O) groups excluding carboxylic acids is 1. The van der Waals surface area contributed by atoms with Gasteiger partial charge >= 0.3 is 0 Å². The zero-order valence-corrected chi connectivity index (χ0v) is 18.2. The van der Waals surface area contributed by atoms with Gasteiger partial charge in [0.15, 0.2) is 0 Å². The summed E-state index contributed by atoms with van der Waals surface area (Å²) in [6.45, 7) is 1.69. The van der Waals surface area contributed by atoms with E-state index in [1.165, 1.54) is 36.4 Å². The molecule has 1 N–H and O–H groups in total. The van der Waals surface area contributed by atoms with Crippen LogP contribution in [0.4, 0.5) is 5.69 Å². The average Bonchev–Trinajstić information content (AvgIpc) is 3.36. The lowest BCUT2D eigenvalue weighted by Gasteiger charge is -2.27. The van der Waals surface area contributed by atoms with E-state index in [2.05, 4.69) is 5.32 Å². The predicted molar refractivity (Wildman–Crippen MR) is 116 cm³/mol. The Labute approximate surface area is 178 Å². The second-order valence-corrected chi connectivity index (χ2v) is 10.2. The summed E-state index contributed by atoms with van der Waals surface area (Å²) in [5, 5.41) is 3.10. The molecule has 0 heterocycles. The van der Waals surface area contributed by atoms with E-state index in [1.54, 1.807) is 24.3 Å². The summed E-state index contributed by atoms with van der Waals surface area (Å²) in [5.41, 5.74) is 1.49. The molecule has 2 aliphatic rings. The van der Waals surface area contributed by atoms with Crippen LogP contribution in [0.2, 0.25) is 0 Å². The van der Waals surface area contributed by atoms with E-state index in [0.717, 1.165) is 18.4 Å². The van der Waals surface area contributed by atoms with Gasteiger partial charge in [0.2, 0.25) is 5.91 Å². The van der Waals surface area contributed by atoms with Crippen LogP contribution in [0.25, 0.3) is 0 Å². The number of benzene rings is 2. The van der Waals surface area contributed by atoms with Crippen molar-refractivity contribution in [3.05, 3.63) is 54.1 Å². The maximum atomic E-state index is 13.4. The standard InChI is InChI=1S/C23H28N2O4S/c1-16-3-7-19(8-4-16)25(30(27,28)21-11-9-20(29-2)10-12-21)15-23(26)24-22-14-17-5-6-18(22)13-17/h3-4,7-12,17-18,22H,5-6,13-15H2,1-2H3,(H,24,26)/t17-,18-,22+/m1/s1. The number of nitrogens with zero attached hydrogens (tertiary/aromatic N) is 1. The van der Waals surface area contributed by atoms with Crippen LogP contribution in [0.1, 0.15) is 31.2 Å². The highest BCUT2D eigenvalue weighted by molar-refractivity contribution is 7.92. The lowest BCUT2D eigenvalue weighted by atomic mass is 9.95. The van der Waals surface area contributed by atoms with Gasteiger partial charge in [0.25, 0.3) is 10.0 Å². The fourth-order valence-corrected chi connectivity index (χ4v) is 6.13. The van der Waals surface area contributed by atoms with Crippen LogP contribution in [-0.4, -0.2) is 34.0 Å². The fraction of sp³-hybridized carbons (Fsp3) is 0.435. The Kier molecular flexibility index (Phi) is 5.73. The Hall–Kier alpha value is -2.54. The number of sulfonamides is 1. The molecule has 2 aromatic rings. The van der Waals surface area contributed by atoms with Crippen LogP contribution >= 0.6 is 0 Å². The van der Waals surface area contributed by atoms with Crippen LogP contribution in [0.5, 0.6) is 5.75 Å². The van der Waals surface area contributed by atoms with E-state index < -0.39 is 10.0 Å². The van der Waals surface area contributed by atoms with E-state index in [9.17, 15) is 13.2 Å². The number of hydrogen-bond acceptors (Lipinski definition) is 4. The Balaban J connectivity index is 1.58. The summed E-state index contributed by atoms with van der Waals surface area (Å²) in [4.78, 5) is 13.0. The molecule has 2 aliphatic carbocycles. The Morgan fingerprint density at radius 3 is 2.33 bits per heavy atom. The molecule has 2 bridgehead atoms. The number of carbonyl (C=O) groups is 1. The van der Waals surface area contributed by atoms with Gasteiger partial charge in [0, 0.05) is 6.04 Å². The highest BCUT2D eigenvalue weighted by Crippen LogP contribution is 2.44. The maximum Gasteiger partial charge on any atom is 0.264 e. The quantitative estimate of drug-likeness (QED) is 0.732. The van der Waals surface area contributed by atoms with Crippen LogP contribution in [0.3, 0.4) is 0 Å². The summed E-state index contributed by atoms with van der Waals surface area (Å²) in [7, 11) is -2.38. The van der Waals surface area contributed by atoms with E-state index in [0.29, 0.717) is 23.3 Å². The molecule has 6 nitrogen and oxygen atoms in total. The summed E-state index contributed by atoms with van der Waals surface area (Å²) in [6.07, 6.45) is 4.59. The van der Waals surface area contributed by atoms with Crippen molar-refractivity contribution >= 4 is 21.6 Å². The fourth-order valence-electron chi connectivity index (χ4n) is 4.71. The van der Waals surface area contributed by atoms with E-state index in [1.807, 2.05) is 19.1 Å². The number of nitrogens with one attached hydrogen (secondary N) is 1. The number of amides is 1. The van der Waals surface area contributed by atoms with Crippen molar-refractivity contribution in [3.8, 4) is 5.75 Å². The number of rotatable bonds is 7. The van der Waals surface area contributed by atoms with Crippen molar-refractivity contribution < 1.29 is 17.9 Å². The van der Waals surface area contributed by atoms with Crippen molar-refractivity contribution in [2.24, 2.45) is 11.8 Å². The smallest absolute Gasteiger partial charge is 0.264 e. The highest BCUT2D eigenvalue weighted by Gasteiger charge is 2.40. The molecule has 160 valence electrons. The molecule has 7 heteroatoms. The van der Waals surface area contributed by atoms with Gasteiger partial charge in [-0.25, -0.2) is 8.42 Å². The molecular formula is C23H28N2O4S. The van der Waals surface area contributed by atoms with E-state index in [-0.39, 0.29) is 23.4 Å². The normalized spacial score (nSPS) is 22.7. The van der Waals surface area contributed by atoms with Crippen molar-refractivity contribution in [2.75, 3.05) is 18.0 Å². The van der Waals surface area contributed by atoms with Crippen LogP contribution in [0.15, 0.2) is 53.4 Å². The van der Waals surface area contributed by atoms with Crippen molar-refractivity contribution in [1.82, 2.24) is 5.32 Å². The minimum atomic E-state index is -3.91. The minimum absolute atomic E-state index is 0.122. The minimum Gasteiger partial charge on any atom is -0.497 e. The van der Waals surface area contributed by atoms with E-state index >= 15 is 0 Å². The van der Waals surface area contributed by atoms with Gasteiger partial charge in [-0.3, -0.25) is 9.10 Å². The van der Waals surface area contributed by atoms with Crippen LogP contribution in [0, 0.1) is 18.8 Å². The zero-order valence-electron chi connectivity index (χ0n) is 17.4. The number of methoxy groups -OCH3 is 1. The molecule has 2 aromatic carbocycles. The first-order chi connectivity index (χ1) is 14.4. The molecular weight excluding hydrogens is 400 g/mol. The first kappa shape index (κ1) is 20.7. The van der Waals surface area contributed by atoms with E-state index in [4.69, 9.17) is 4.74 Å². The maximum absolute atomic E-state index is 13.4. The molecule has 0 spiro atoms. The number of aryl methyl sites for hydroxylation is 1. The molecule has 0 radical (unpaired) electrons. The Morgan fingerprint density at radius 1 is 1.07 bits per heavy atom. The van der Waals surface area contributed by atoms with Gasteiger partial charge in [-0.2, -0.15) is 0 Å². The first-order valence-electron chi connectivity index (χ1n) is 10.4. The summed E-state index contributed by atoms with van der Waals surface area (Å²) in [5.74, 6) is 1.55. The first-order valence-corrected chi connectivity index (χ1v) is 11.8. The lowest BCUT2D eigenvalue weighted by molar-refractivity contribution is -0.120. The molecule has 2 saturated carbocycles. The monoisotopic (exact) mass is 428 g/mol. The molecule has 0 aliphatic heterocycles. The summed E-state index contributed by atoms with van der Waals surface area (Å²) < 4.78 is 33.2. The molecule has 1 amide bonds. The number of ether oxygens (including phenoxy) is 1. The molecule has 2 fully saturated rings. The third kappa shape index (κ3) is 4.17. The van der Waals surface area contributed by atoms with Crippen LogP contribution in [-0.2, 0) is 14.8 Å². The third-order valence-corrected chi connectivity index (χ3v) is 8.13. The van der Waals surface area contributed by atoms with Crippen LogP contribution < -0.4 is 14.4 Å². The van der Waals surface area contributed by atoms with Crippen molar-refractivity contribution in [2.45, 2.75) is 43.5 Å². The number of fused-ring (bicyclic) bond motifs is 2. The zero-order chi connectivity index (χ0) is 21.3. The predicted octanol–water partition coefficient (Wildman–Crippen LogP) is 3.50. The van der Waals surface area contributed by atoms with Gasteiger partial charge in [-0.1, -0.05) is 24.1 Å². The topological polar surface area (TPSA) is 75.7 Å². The van der Waals surface area contributed by atoms with Gasteiger partial charge in [0.1, 0.15) is 12.3 Å². The number of hydrogen-bond donors (Lipinski definition) is 1. The van der Waals surface area contributed by atoms with Crippen molar-refractivity contribution in [1.29, 1.82) is 0 Å². The summed E-state index contributed by atoms with van der Waals surface area (Å²) in [6, 6.07) is 13.6. The molecule has 0 unspecified atom stereocenters. The van der Waals surface area contributed by atoms with Gasteiger partial charge in [-0.05, 0) is 74.4 Å². The second-order valence-electron chi connectivity index (χ2n) is 8.37. The van der Waals surface area contributed by atoms with Gasteiger partial charge < -0.3 is 10.1 Å².